The number of nitrogens with one attached hydrogen (secondary N) is 1. The van der Waals surface area contributed by atoms with Crippen LogP contribution in [0, 0.1) is 6.92 Å². The number of carboxylic acids is 1. The predicted octanol–water partition coefficient (Wildman–Crippen LogP) is 1.87. The number of carboxylic acid groups (broad SMARTS) is 1. The number of benzene rings is 1. The average Bonchev–Trinajstić information content (AvgIpc) is 2.64. The highest BCUT2D eigenvalue weighted by Gasteiger charge is 2.16. The van der Waals surface area contributed by atoms with Crippen molar-refractivity contribution in [3.8, 4) is 0 Å². The number of aryl methyl sites for hydroxylation is 1. The van der Waals surface area contributed by atoms with Crippen LogP contribution in [-0.2, 0) is 11.3 Å². The summed E-state index contributed by atoms with van der Waals surface area (Å²) >= 11 is 0. The zero-order valence-corrected chi connectivity index (χ0v) is 14.7. The lowest BCUT2D eigenvalue weighted by molar-refractivity contribution is -0.130. The number of hydrogen-bond acceptors (Lipinski definition) is 4. The first-order valence-corrected chi connectivity index (χ1v) is 8.23. The second-order valence-corrected chi connectivity index (χ2v) is 5.71. The van der Waals surface area contributed by atoms with Crippen molar-refractivity contribution in [2.75, 3.05) is 13.1 Å². The summed E-state index contributed by atoms with van der Waals surface area (Å²) in [6.45, 7) is 4.23. The number of carbonyl (C=O) groups excluding carboxylic acids is 2. The van der Waals surface area contributed by atoms with Crippen LogP contribution in [0.5, 0.6) is 0 Å². The molecule has 0 spiro atoms. The van der Waals surface area contributed by atoms with Gasteiger partial charge in [-0.15, -0.1) is 0 Å². The highest BCUT2D eigenvalue weighted by atomic mass is 16.4. The molecule has 0 bridgehead atoms. The van der Waals surface area contributed by atoms with Crippen LogP contribution < -0.4 is 5.32 Å². The van der Waals surface area contributed by atoms with Crippen LogP contribution in [0.1, 0.15) is 39.0 Å². The van der Waals surface area contributed by atoms with Crippen molar-refractivity contribution < 1.29 is 19.5 Å². The fraction of sp³-hybridized carbons (Fsp3) is 0.263. The van der Waals surface area contributed by atoms with Gasteiger partial charge in [0.15, 0.2) is 0 Å². The molecule has 0 aliphatic carbocycles. The topological polar surface area (TPSA) is 99.6 Å². The summed E-state index contributed by atoms with van der Waals surface area (Å²) in [4.78, 5) is 41.1. The van der Waals surface area contributed by atoms with E-state index in [-0.39, 0.29) is 29.4 Å². The lowest BCUT2D eigenvalue weighted by atomic mass is 10.2. The van der Waals surface area contributed by atoms with Crippen molar-refractivity contribution in [3.63, 3.8) is 0 Å². The number of carbonyl (C=O) groups is 3. The van der Waals surface area contributed by atoms with Crippen molar-refractivity contribution in [2.24, 2.45) is 0 Å². The van der Waals surface area contributed by atoms with E-state index in [9.17, 15) is 14.4 Å². The number of likely N-dealkylation sites (N-methyl/N-ethyl adjacent to an activating group) is 1. The SMILES string of the molecule is CCN(Cc1ccccc1)C(=O)CNC(=O)c1ccc(C(=O)O)c(C)n1. The fourth-order valence-corrected chi connectivity index (χ4v) is 2.45. The van der Waals surface area contributed by atoms with E-state index in [1.165, 1.54) is 19.1 Å². The normalized spacial score (nSPS) is 10.2. The van der Waals surface area contributed by atoms with Gasteiger partial charge >= 0.3 is 5.97 Å². The molecule has 0 aliphatic heterocycles. The molecule has 0 fully saturated rings. The molecule has 1 aromatic carbocycles. The lowest BCUT2D eigenvalue weighted by Gasteiger charge is -2.21. The number of nitrogens with zero attached hydrogens (tertiary/aromatic N) is 2. The summed E-state index contributed by atoms with van der Waals surface area (Å²) in [5.41, 5.74) is 1.37. The van der Waals surface area contributed by atoms with Crippen LogP contribution >= 0.6 is 0 Å². The molecule has 0 aliphatic rings. The third-order valence-electron chi connectivity index (χ3n) is 3.90. The van der Waals surface area contributed by atoms with Crippen LogP contribution in [-0.4, -0.2) is 45.9 Å². The maximum absolute atomic E-state index is 12.3. The van der Waals surface area contributed by atoms with Gasteiger partial charge in [0.05, 0.1) is 17.8 Å². The highest BCUT2D eigenvalue weighted by Crippen LogP contribution is 2.07. The molecule has 26 heavy (non-hydrogen) atoms. The van der Waals surface area contributed by atoms with Gasteiger partial charge in [-0.1, -0.05) is 30.3 Å². The van der Waals surface area contributed by atoms with Gasteiger partial charge in [0.25, 0.3) is 5.91 Å². The lowest BCUT2D eigenvalue weighted by Crippen LogP contribution is -2.40. The molecule has 0 saturated carbocycles. The first kappa shape index (κ1) is 19.1. The number of rotatable bonds is 7. The Bertz CT molecular complexity index is 806. The molecule has 7 heteroatoms. The Morgan fingerprint density at radius 2 is 1.81 bits per heavy atom. The van der Waals surface area contributed by atoms with E-state index in [0.717, 1.165) is 5.56 Å². The maximum Gasteiger partial charge on any atom is 0.337 e. The Kier molecular flexibility index (Phi) is 6.43. The van der Waals surface area contributed by atoms with Crippen molar-refractivity contribution in [2.45, 2.75) is 20.4 Å². The smallest absolute Gasteiger partial charge is 0.337 e. The molecule has 1 aromatic heterocycles. The van der Waals surface area contributed by atoms with Gasteiger partial charge < -0.3 is 15.3 Å². The Labute approximate surface area is 151 Å². The molecule has 1 heterocycles. The van der Waals surface area contributed by atoms with Gasteiger partial charge in [-0.05, 0) is 31.5 Å². The fourth-order valence-electron chi connectivity index (χ4n) is 2.45. The summed E-state index contributed by atoms with van der Waals surface area (Å²) < 4.78 is 0. The third-order valence-corrected chi connectivity index (χ3v) is 3.90. The van der Waals surface area contributed by atoms with Gasteiger partial charge in [-0.3, -0.25) is 9.59 Å². The van der Waals surface area contributed by atoms with Crippen molar-refractivity contribution in [3.05, 3.63) is 65.0 Å². The van der Waals surface area contributed by atoms with E-state index in [2.05, 4.69) is 10.3 Å². The third kappa shape index (κ3) is 4.89. The number of aromatic nitrogens is 1. The van der Waals surface area contributed by atoms with E-state index in [1.54, 1.807) is 4.90 Å². The van der Waals surface area contributed by atoms with Gasteiger partial charge in [0, 0.05) is 13.1 Å². The molecule has 0 unspecified atom stereocenters. The summed E-state index contributed by atoms with van der Waals surface area (Å²) in [7, 11) is 0. The van der Waals surface area contributed by atoms with Gasteiger partial charge in [-0.25, -0.2) is 9.78 Å². The van der Waals surface area contributed by atoms with E-state index >= 15 is 0 Å². The van der Waals surface area contributed by atoms with Gasteiger partial charge in [0.1, 0.15) is 5.69 Å². The van der Waals surface area contributed by atoms with E-state index < -0.39 is 11.9 Å². The summed E-state index contributed by atoms with van der Waals surface area (Å²) in [5.74, 6) is -1.82. The molecule has 2 N–H and O–H groups in total. The number of hydrogen-bond donors (Lipinski definition) is 2. The maximum atomic E-state index is 12.3. The second kappa shape index (κ2) is 8.75. The summed E-state index contributed by atoms with van der Waals surface area (Å²) in [5, 5.41) is 11.5. The van der Waals surface area contributed by atoms with Crippen molar-refractivity contribution >= 4 is 17.8 Å². The largest absolute Gasteiger partial charge is 0.478 e. The second-order valence-electron chi connectivity index (χ2n) is 5.71. The Morgan fingerprint density at radius 3 is 2.38 bits per heavy atom. The first-order chi connectivity index (χ1) is 12.4. The molecule has 0 atom stereocenters. The van der Waals surface area contributed by atoms with E-state index in [1.807, 2.05) is 37.3 Å². The Morgan fingerprint density at radius 1 is 1.12 bits per heavy atom. The minimum Gasteiger partial charge on any atom is -0.478 e. The zero-order chi connectivity index (χ0) is 19.1. The minimum atomic E-state index is -1.10. The molecule has 2 amide bonds. The van der Waals surface area contributed by atoms with Crippen molar-refractivity contribution in [1.82, 2.24) is 15.2 Å². The van der Waals surface area contributed by atoms with Crippen molar-refractivity contribution in [1.29, 1.82) is 0 Å². The van der Waals surface area contributed by atoms with E-state index in [4.69, 9.17) is 5.11 Å². The van der Waals surface area contributed by atoms with E-state index in [0.29, 0.717) is 13.1 Å². The summed E-state index contributed by atoms with van der Waals surface area (Å²) in [6, 6.07) is 12.3. The first-order valence-electron chi connectivity index (χ1n) is 8.23. The molecular formula is C19H21N3O4. The monoisotopic (exact) mass is 355 g/mol. The number of pyridine rings is 1. The molecule has 2 rings (SSSR count). The van der Waals surface area contributed by atoms with Gasteiger partial charge in [-0.2, -0.15) is 0 Å². The quantitative estimate of drug-likeness (QED) is 0.790. The number of amides is 2. The Hall–Kier alpha value is -3.22. The molecule has 136 valence electrons. The van der Waals surface area contributed by atoms with Crippen LogP contribution in [0.2, 0.25) is 0 Å². The molecule has 0 radical (unpaired) electrons. The Balaban J connectivity index is 1.96. The molecule has 7 nitrogen and oxygen atoms in total. The molecular weight excluding hydrogens is 334 g/mol. The summed E-state index contributed by atoms with van der Waals surface area (Å²) in [6.07, 6.45) is 0. The van der Waals surface area contributed by atoms with Crippen LogP contribution in [0.15, 0.2) is 42.5 Å². The molecule has 2 aromatic rings. The predicted molar refractivity (Wildman–Crippen MR) is 95.8 cm³/mol. The number of aromatic carboxylic acids is 1. The van der Waals surface area contributed by atoms with Crippen LogP contribution in [0.4, 0.5) is 0 Å². The van der Waals surface area contributed by atoms with Crippen LogP contribution in [0.25, 0.3) is 0 Å². The average molecular weight is 355 g/mol. The van der Waals surface area contributed by atoms with Crippen LogP contribution in [0.3, 0.4) is 0 Å². The van der Waals surface area contributed by atoms with Gasteiger partial charge in [0.2, 0.25) is 5.91 Å². The minimum absolute atomic E-state index is 0.0395. The zero-order valence-electron chi connectivity index (χ0n) is 14.7. The standard InChI is InChI=1S/C19H21N3O4/c1-3-22(12-14-7-5-4-6-8-14)17(23)11-20-18(24)16-10-9-15(19(25)26)13(2)21-16/h4-10H,3,11-12H2,1-2H3,(H,20,24)(H,25,26). The highest BCUT2D eigenvalue weighted by molar-refractivity contribution is 5.96. The molecule has 0 saturated heterocycles.